The van der Waals surface area contributed by atoms with Crippen LogP contribution >= 0.6 is 15.9 Å². The molecule has 2 rings (SSSR count). The Hall–Kier alpha value is -1.56. The molecule has 0 saturated carbocycles. The first-order valence-electron chi connectivity index (χ1n) is 6.90. The van der Waals surface area contributed by atoms with Gasteiger partial charge in [-0.1, -0.05) is 15.9 Å². The molecule has 1 aromatic rings. The molecule has 1 saturated heterocycles. The number of likely N-dealkylation sites (N-methyl/N-ethyl adjacent to an activating group) is 1. The number of hydrogen-bond acceptors (Lipinski definition) is 3. The van der Waals surface area contributed by atoms with Crippen molar-refractivity contribution in [1.82, 2.24) is 9.80 Å². The van der Waals surface area contributed by atoms with Gasteiger partial charge in [-0.15, -0.1) is 0 Å². The minimum Gasteiger partial charge on any atom is -0.398 e. The van der Waals surface area contributed by atoms with E-state index in [2.05, 4.69) is 15.9 Å². The van der Waals surface area contributed by atoms with Crippen molar-refractivity contribution in [3.05, 3.63) is 27.7 Å². The molecule has 1 aromatic carbocycles. The molecule has 1 atom stereocenters. The highest BCUT2D eigenvalue weighted by molar-refractivity contribution is 9.10. The van der Waals surface area contributed by atoms with Crippen LogP contribution in [0, 0.1) is 6.92 Å². The number of anilines is 1. The first-order valence-corrected chi connectivity index (χ1v) is 7.70. The Morgan fingerprint density at radius 3 is 2.67 bits per heavy atom. The van der Waals surface area contributed by atoms with Crippen molar-refractivity contribution in [2.75, 3.05) is 26.4 Å². The van der Waals surface area contributed by atoms with Gasteiger partial charge in [0, 0.05) is 36.4 Å². The van der Waals surface area contributed by atoms with Gasteiger partial charge in [-0.2, -0.15) is 0 Å². The predicted octanol–water partition coefficient (Wildman–Crippen LogP) is 2.03. The van der Waals surface area contributed by atoms with Gasteiger partial charge in [0.2, 0.25) is 5.91 Å². The van der Waals surface area contributed by atoms with Crippen molar-refractivity contribution in [2.45, 2.75) is 25.8 Å². The number of carbonyl (C=O) groups is 2. The molecular formula is C15H20BrN3O2. The van der Waals surface area contributed by atoms with Crippen LogP contribution in [-0.2, 0) is 4.79 Å². The van der Waals surface area contributed by atoms with E-state index < -0.39 is 0 Å². The minimum atomic E-state index is -0.368. The van der Waals surface area contributed by atoms with Crippen molar-refractivity contribution in [2.24, 2.45) is 0 Å². The standard InChI is InChI=1S/C15H20BrN3O2/c1-9-11(7-10(16)8-12(9)17)14(20)19-6-4-5-13(19)15(21)18(2)3/h7-8,13H,4-6,17H2,1-3H3. The molecule has 21 heavy (non-hydrogen) atoms. The van der Waals surface area contributed by atoms with E-state index in [1.54, 1.807) is 36.0 Å². The molecule has 1 unspecified atom stereocenters. The van der Waals surface area contributed by atoms with Gasteiger partial charge >= 0.3 is 0 Å². The van der Waals surface area contributed by atoms with Crippen molar-refractivity contribution < 1.29 is 9.59 Å². The van der Waals surface area contributed by atoms with Crippen molar-refractivity contribution in [1.29, 1.82) is 0 Å². The van der Waals surface area contributed by atoms with E-state index in [4.69, 9.17) is 5.73 Å². The van der Waals surface area contributed by atoms with Gasteiger partial charge < -0.3 is 15.5 Å². The van der Waals surface area contributed by atoms with Crippen LogP contribution in [0.3, 0.4) is 0 Å². The maximum atomic E-state index is 12.8. The smallest absolute Gasteiger partial charge is 0.254 e. The Balaban J connectivity index is 2.33. The molecule has 0 bridgehead atoms. The lowest BCUT2D eigenvalue weighted by atomic mass is 10.0. The van der Waals surface area contributed by atoms with Gasteiger partial charge in [0.15, 0.2) is 0 Å². The van der Waals surface area contributed by atoms with E-state index in [0.717, 1.165) is 16.5 Å². The van der Waals surface area contributed by atoms with E-state index in [1.165, 1.54) is 0 Å². The summed E-state index contributed by atoms with van der Waals surface area (Å²) in [5.74, 6) is -0.153. The Labute approximate surface area is 133 Å². The molecule has 2 amide bonds. The quantitative estimate of drug-likeness (QED) is 0.827. The molecule has 1 heterocycles. The van der Waals surface area contributed by atoms with Crippen LogP contribution < -0.4 is 5.73 Å². The van der Waals surface area contributed by atoms with Crippen LogP contribution in [0.25, 0.3) is 0 Å². The molecule has 1 fully saturated rings. The molecule has 6 heteroatoms. The molecule has 5 nitrogen and oxygen atoms in total. The topological polar surface area (TPSA) is 66.6 Å². The molecule has 1 aliphatic rings. The van der Waals surface area contributed by atoms with Crippen LogP contribution in [0.4, 0.5) is 5.69 Å². The van der Waals surface area contributed by atoms with E-state index in [9.17, 15) is 9.59 Å². The van der Waals surface area contributed by atoms with Crippen LogP contribution in [0.2, 0.25) is 0 Å². The van der Waals surface area contributed by atoms with E-state index in [-0.39, 0.29) is 17.9 Å². The SMILES string of the molecule is Cc1c(N)cc(Br)cc1C(=O)N1CCCC1C(=O)N(C)C. The summed E-state index contributed by atoms with van der Waals surface area (Å²) >= 11 is 3.37. The summed E-state index contributed by atoms with van der Waals surface area (Å²) in [6.07, 6.45) is 1.56. The van der Waals surface area contributed by atoms with Gasteiger partial charge in [0.05, 0.1) is 0 Å². The first-order chi connectivity index (χ1) is 9.82. The first kappa shape index (κ1) is 15.8. The number of likely N-dealkylation sites (tertiary alicyclic amines) is 1. The highest BCUT2D eigenvalue weighted by Crippen LogP contribution is 2.27. The second-order valence-electron chi connectivity index (χ2n) is 5.56. The Morgan fingerprint density at radius 1 is 1.38 bits per heavy atom. The van der Waals surface area contributed by atoms with Crippen LogP contribution in [0.1, 0.15) is 28.8 Å². The Morgan fingerprint density at radius 2 is 2.05 bits per heavy atom. The van der Waals surface area contributed by atoms with Crippen molar-refractivity contribution in [3.8, 4) is 0 Å². The normalized spacial score (nSPS) is 17.9. The minimum absolute atomic E-state index is 0.0264. The molecule has 2 N–H and O–H groups in total. The summed E-state index contributed by atoms with van der Waals surface area (Å²) in [7, 11) is 3.43. The molecule has 0 spiro atoms. The number of halogens is 1. The number of carbonyl (C=O) groups excluding carboxylic acids is 2. The van der Waals surface area contributed by atoms with Gasteiger partial charge in [0.1, 0.15) is 6.04 Å². The number of amides is 2. The van der Waals surface area contributed by atoms with Crippen LogP contribution in [-0.4, -0.2) is 48.3 Å². The Kier molecular flexibility index (Phi) is 4.56. The number of benzene rings is 1. The summed E-state index contributed by atoms with van der Waals surface area (Å²) in [6, 6.07) is 3.18. The number of rotatable bonds is 2. The molecular weight excluding hydrogens is 334 g/mol. The lowest BCUT2D eigenvalue weighted by Crippen LogP contribution is -2.45. The maximum absolute atomic E-state index is 12.8. The Bertz CT molecular complexity index is 587. The van der Waals surface area contributed by atoms with Gasteiger partial charge in [-0.3, -0.25) is 9.59 Å². The van der Waals surface area contributed by atoms with E-state index in [0.29, 0.717) is 24.2 Å². The fourth-order valence-electron chi connectivity index (χ4n) is 2.64. The van der Waals surface area contributed by atoms with E-state index >= 15 is 0 Å². The zero-order valence-corrected chi connectivity index (χ0v) is 14.1. The molecule has 114 valence electrons. The molecule has 0 radical (unpaired) electrons. The average molecular weight is 354 g/mol. The summed E-state index contributed by atoms with van der Waals surface area (Å²) in [5, 5.41) is 0. The fraction of sp³-hybridized carbons (Fsp3) is 0.467. The lowest BCUT2D eigenvalue weighted by Gasteiger charge is -2.27. The molecule has 0 aliphatic carbocycles. The number of nitrogen functional groups attached to an aromatic ring is 1. The third kappa shape index (κ3) is 3.05. The second kappa shape index (κ2) is 6.05. The lowest BCUT2D eigenvalue weighted by molar-refractivity contribution is -0.132. The van der Waals surface area contributed by atoms with Crippen LogP contribution in [0.5, 0.6) is 0 Å². The third-order valence-corrected chi connectivity index (χ3v) is 4.34. The maximum Gasteiger partial charge on any atom is 0.254 e. The number of nitrogens with two attached hydrogens (primary N) is 1. The second-order valence-corrected chi connectivity index (χ2v) is 6.47. The highest BCUT2D eigenvalue weighted by atomic mass is 79.9. The molecule has 1 aliphatic heterocycles. The van der Waals surface area contributed by atoms with Gasteiger partial charge in [-0.05, 0) is 37.5 Å². The summed E-state index contributed by atoms with van der Waals surface area (Å²) < 4.78 is 0.767. The third-order valence-electron chi connectivity index (χ3n) is 3.88. The predicted molar refractivity (Wildman–Crippen MR) is 86.0 cm³/mol. The summed E-state index contributed by atoms with van der Waals surface area (Å²) in [4.78, 5) is 28.2. The van der Waals surface area contributed by atoms with Crippen molar-refractivity contribution >= 4 is 33.4 Å². The highest BCUT2D eigenvalue weighted by Gasteiger charge is 2.35. The van der Waals surface area contributed by atoms with Gasteiger partial charge in [0.25, 0.3) is 5.91 Å². The summed E-state index contributed by atoms with van der Waals surface area (Å²) in [5.41, 5.74) is 7.81. The van der Waals surface area contributed by atoms with E-state index in [1.807, 2.05) is 6.92 Å². The zero-order valence-electron chi connectivity index (χ0n) is 12.5. The zero-order chi connectivity index (χ0) is 15.7. The van der Waals surface area contributed by atoms with Gasteiger partial charge in [-0.25, -0.2) is 0 Å². The number of nitrogens with zero attached hydrogens (tertiary/aromatic N) is 2. The average Bonchev–Trinajstić information content (AvgIpc) is 2.90. The van der Waals surface area contributed by atoms with Crippen LogP contribution in [0.15, 0.2) is 16.6 Å². The monoisotopic (exact) mass is 353 g/mol. The molecule has 0 aromatic heterocycles. The van der Waals surface area contributed by atoms with Crippen molar-refractivity contribution in [3.63, 3.8) is 0 Å². The summed E-state index contributed by atoms with van der Waals surface area (Å²) in [6.45, 7) is 2.43. The fourth-order valence-corrected chi connectivity index (χ4v) is 3.12. The number of hydrogen-bond donors (Lipinski definition) is 1. The largest absolute Gasteiger partial charge is 0.398 e.